The highest BCUT2D eigenvalue weighted by Gasteiger charge is 2.32. The summed E-state index contributed by atoms with van der Waals surface area (Å²) in [6, 6.07) is 10.6. The van der Waals surface area contributed by atoms with E-state index < -0.39 is 0 Å². The lowest BCUT2D eigenvalue weighted by atomic mass is 9.90. The third kappa shape index (κ3) is 2.10. The van der Waals surface area contributed by atoms with Crippen molar-refractivity contribution >= 4 is 0 Å². The van der Waals surface area contributed by atoms with Gasteiger partial charge < -0.3 is 4.74 Å². The van der Waals surface area contributed by atoms with Crippen molar-refractivity contribution in [1.29, 1.82) is 0 Å². The molecular weight excluding hydrogens is 160 g/mol. The van der Waals surface area contributed by atoms with Gasteiger partial charge in [-0.05, 0) is 31.7 Å². The Labute approximate surface area is 79.7 Å². The molecule has 1 aromatic carbocycles. The Morgan fingerprint density at radius 1 is 1.31 bits per heavy atom. The van der Waals surface area contributed by atoms with Gasteiger partial charge in [-0.25, -0.2) is 0 Å². The summed E-state index contributed by atoms with van der Waals surface area (Å²) in [5, 5.41) is 0. The van der Waals surface area contributed by atoms with Crippen LogP contribution in [0.25, 0.3) is 0 Å². The van der Waals surface area contributed by atoms with Crippen LogP contribution in [-0.2, 0) is 11.2 Å². The lowest BCUT2D eigenvalue weighted by Gasteiger charge is -2.38. The Hall–Kier alpha value is -0.820. The van der Waals surface area contributed by atoms with Gasteiger partial charge in [0.2, 0.25) is 0 Å². The first-order valence-corrected chi connectivity index (χ1v) is 4.96. The van der Waals surface area contributed by atoms with E-state index in [9.17, 15) is 0 Å². The first kappa shape index (κ1) is 8.76. The van der Waals surface area contributed by atoms with Gasteiger partial charge in [0, 0.05) is 0 Å². The summed E-state index contributed by atoms with van der Waals surface area (Å²) < 4.78 is 5.54. The molecule has 1 heterocycles. The second-order valence-corrected chi connectivity index (χ2v) is 4.03. The molecule has 0 amide bonds. The Morgan fingerprint density at radius 2 is 2.00 bits per heavy atom. The standard InChI is InChI=1S/C12H16O/c1-12(9-10-13-12)8-7-11-5-3-2-4-6-11/h2-6H,7-10H2,1H3/t12-/m1/s1. The van der Waals surface area contributed by atoms with E-state index >= 15 is 0 Å². The van der Waals surface area contributed by atoms with Gasteiger partial charge in [-0.2, -0.15) is 0 Å². The molecule has 13 heavy (non-hydrogen) atoms. The van der Waals surface area contributed by atoms with E-state index in [4.69, 9.17) is 4.74 Å². The van der Waals surface area contributed by atoms with Gasteiger partial charge in [0.1, 0.15) is 0 Å². The van der Waals surface area contributed by atoms with Gasteiger partial charge in [-0.3, -0.25) is 0 Å². The van der Waals surface area contributed by atoms with Gasteiger partial charge in [0.25, 0.3) is 0 Å². The Kier molecular flexibility index (Phi) is 2.36. The first-order valence-electron chi connectivity index (χ1n) is 4.96. The lowest BCUT2D eigenvalue weighted by Crippen LogP contribution is -2.40. The first-order chi connectivity index (χ1) is 6.29. The van der Waals surface area contributed by atoms with Crippen molar-refractivity contribution in [3.63, 3.8) is 0 Å². The molecule has 1 aromatic rings. The zero-order chi connectivity index (χ0) is 9.15. The van der Waals surface area contributed by atoms with E-state index in [0.717, 1.165) is 19.4 Å². The number of hydrogen-bond donors (Lipinski definition) is 0. The van der Waals surface area contributed by atoms with Crippen molar-refractivity contribution in [3.8, 4) is 0 Å². The second-order valence-electron chi connectivity index (χ2n) is 4.03. The van der Waals surface area contributed by atoms with Crippen LogP contribution in [0.5, 0.6) is 0 Å². The summed E-state index contributed by atoms with van der Waals surface area (Å²) in [7, 11) is 0. The van der Waals surface area contributed by atoms with Crippen molar-refractivity contribution in [1.82, 2.24) is 0 Å². The summed E-state index contributed by atoms with van der Waals surface area (Å²) in [5.41, 5.74) is 1.59. The van der Waals surface area contributed by atoms with E-state index in [1.54, 1.807) is 0 Å². The highest BCUT2D eigenvalue weighted by molar-refractivity contribution is 5.15. The van der Waals surface area contributed by atoms with E-state index in [0.29, 0.717) is 0 Å². The SMILES string of the molecule is C[C@@]1(CCc2ccccc2)CCO1. The maximum atomic E-state index is 5.54. The molecule has 0 radical (unpaired) electrons. The number of hydrogen-bond acceptors (Lipinski definition) is 1. The fraction of sp³-hybridized carbons (Fsp3) is 0.500. The Balaban J connectivity index is 1.86. The molecule has 1 aliphatic heterocycles. The van der Waals surface area contributed by atoms with Crippen LogP contribution in [-0.4, -0.2) is 12.2 Å². The van der Waals surface area contributed by atoms with Gasteiger partial charge in [0.05, 0.1) is 12.2 Å². The third-order valence-electron chi connectivity index (χ3n) is 2.87. The highest BCUT2D eigenvalue weighted by Crippen LogP contribution is 2.30. The number of rotatable bonds is 3. The van der Waals surface area contributed by atoms with Crippen LogP contribution in [0, 0.1) is 0 Å². The van der Waals surface area contributed by atoms with Crippen LogP contribution >= 0.6 is 0 Å². The normalized spacial score (nSPS) is 26.8. The monoisotopic (exact) mass is 176 g/mol. The summed E-state index contributed by atoms with van der Waals surface area (Å²) in [6.07, 6.45) is 3.51. The van der Waals surface area contributed by atoms with Crippen LogP contribution in [0.2, 0.25) is 0 Å². The van der Waals surface area contributed by atoms with Crippen molar-refractivity contribution in [2.24, 2.45) is 0 Å². The molecule has 1 saturated heterocycles. The Bertz CT molecular complexity index is 262. The van der Waals surface area contributed by atoms with Crippen LogP contribution in [0.4, 0.5) is 0 Å². The average molecular weight is 176 g/mol. The molecule has 0 aromatic heterocycles. The van der Waals surface area contributed by atoms with Crippen molar-refractivity contribution < 1.29 is 4.74 Å². The van der Waals surface area contributed by atoms with Gasteiger partial charge >= 0.3 is 0 Å². The smallest absolute Gasteiger partial charge is 0.0679 e. The number of ether oxygens (including phenoxy) is 1. The highest BCUT2D eigenvalue weighted by atomic mass is 16.5. The molecule has 0 unspecified atom stereocenters. The molecule has 0 aliphatic carbocycles. The summed E-state index contributed by atoms with van der Waals surface area (Å²) in [6.45, 7) is 3.16. The van der Waals surface area contributed by atoms with Crippen LogP contribution < -0.4 is 0 Å². The number of benzene rings is 1. The van der Waals surface area contributed by atoms with E-state index in [1.807, 2.05) is 0 Å². The minimum atomic E-state index is 0.176. The molecule has 1 atom stereocenters. The molecule has 0 N–H and O–H groups in total. The summed E-state index contributed by atoms with van der Waals surface area (Å²) in [4.78, 5) is 0. The topological polar surface area (TPSA) is 9.23 Å². The molecule has 1 heteroatoms. The van der Waals surface area contributed by atoms with Gasteiger partial charge in [-0.15, -0.1) is 0 Å². The molecule has 0 bridgehead atoms. The minimum absolute atomic E-state index is 0.176. The molecule has 70 valence electrons. The van der Waals surface area contributed by atoms with Gasteiger partial charge in [-0.1, -0.05) is 30.3 Å². The maximum Gasteiger partial charge on any atom is 0.0679 e. The fourth-order valence-corrected chi connectivity index (χ4v) is 1.70. The van der Waals surface area contributed by atoms with Gasteiger partial charge in [0.15, 0.2) is 0 Å². The Morgan fingerprint density at radius 3 is 2.54 bits per heavy atom. The molecule has 1 fully saturated rings. The third-order valence-corrected chi connectivity index (χ3v) is 2.87. The largest absolute Gasteiger partial charge is 0.375 e. The molecule has 0 saturated carbocycles. The lowest BCUT2D eigenvalue weighted by molar-refractivity contribution is -0.137. The van der Waals surface area contributed by atoms with E-state index in [1.165, 1.54) is 12.0 Å². The van der Waals surface area contributed by atoms with E-state index in [2.05, 4.69) is 37.3 Å². The van der Waals surface area contributed by atoms with Crippen LogP contribution in [0.1, 0.15) is 25.3 Å². The van der Waals surface area contributed by atoms with Crippen LogP contribution in [0.15, 0.2) is 30.3 Å². The summed E-state index contributed by atoms with van der Waals surface area (Å²) >= 11 is 0. The van der Waals surface area contributed by atoms with Crippen molar-refractivity contribution in [2.75, 3.05) is 6.61 Å². The van der Waals surface area contributed by atoms with Crippen molar-refractivity contribution in [2.45, 2.75) is 31.8 Å². The molecule has 0 spiro atoms. The fourth-order valence-electron chi connectivity index (χ4n) is 1.70. The molecular formula is C12H16O. The molecule has 1 aliphatic rings. The summed E-state index contributed by atoms with van der Waals surface area (Å²) in [5.74, 6) is 0. The molecule has 2 rings (SSSR count). The van der Waals surface area contributed by atoms with Crippen molar-refractivity contribution in [3.05, 3.63) is 35.9 Å². The quantitative estimate of drug-likeness (QED) is 0.688. The predicted octanol–water partition coefficient (Wildman–Crippen LogP) is 2.80. The predicted molar refractivity (Wildman–Crippen MR) is 53.7 cm³/mol. The zero-order valence-corrected chi connectivity index (χ0v) is 8.12. The minimum Gasteiger partial charge on any atom is -0.375 e. The number of aryl methyl sites for hydroxylation is 1. The zero-order valence-electron chi connectivity index (χ0n) is 8.12. The van der Waals surface area contributed by atoms with E-state index in [-0.39, 0.29) is 5.60 Å². The second kappa shape index (κ2) is 3.51. The molecule has 1 nitrogen and oxygen atoms in total. The maximum absolute atomic E-state index is 5.54. The average Bonchev–Trinajstić information content (AvgIpc) is 2.13. The van der Waals surface area contributed by atoms with Crippen LogP contribution in [0.3, 0.4) is 0 Å².